The Balaban J connectivity index is 1.55. The van der Waals surface area contributed by atoms with Crippen molar-refractivity contribution in [3.05, 3.63) is 39.7 Å². The van der Waals surface area contributed by atoms with Crippen LogP contribution in [0.2, 0.25) is 0 Å². The van der Waals surface area contributed by atoms with Crippen molar-refractivity contribution in [3.63, 3.8) is 0 Å². The van der Waals surface area contributed by atoms with E-state index in [0.29, 0.717) is 17.1 Å². The number of pyridine rings is 1. The van der Waals surface area contributed by atoms with E-state index >= 15 is 0 Å². The highest BCUT2D eigenvalue weighted by Gasteiger charge is 2.57. The van der Waals surface area contributed by atoms with Crippen LogP contribution in [0.3, 0.4) is 0 Å². The Bertz CT molecular complexity index is 1780. The van der Waals surface area contributed by atoms with Gasteiger partial charge in [0.1, 0.15) is 39.4 Å². The summed E-state index contributed by atoms with van der Waals surface area (Å²) in [5.41, 5.74) is 4.64. The van der Waals surface area contributed by atoms with Gasteiger partial charge in [-0.2, -0.15) is 27.1 Å². The Morgan fingerprint density at radius 2 is 1.86 bits per heavy atom. The lowest BCUT2D eigenvalue weighted by Gasteiger charge is -2.21. The number of fused-ring (bicyclic) bond motifs is 2. The number of anilines is 2. The number of ketones is 1. The molecule has 1 atom stereocenters. The molecule has 0 spiro atoms. The van der Waals surface area contributed by atoms with E-state index in [-0.39, 0.29) is 45.5 Å². The zero-order chi connectivity index (χ0) is 31.7. The monoisotopic (exact) mass is 626 g/mol. The lowest BCUT2D eigenvalue weighted by atomic mass is 9.83. The van der Waals surface area contributed by atoms with Gasteiger partial charge in [-0.15, -0.1) is 11.3 Å². The maximum absolute atomic E-state index is 14.1. The number of carbonyl (C=O) groups is 2. The number of nitrogens with two attached hydrogens (primary N) is 1. The van der Waals surface area contributed by atoms with Crippen LogP contribution in [0.1, 0.15) is 50.4 Å². The molecular weight excluding hydrogens is 602 g/mol. The summed E-state index contributed by atoms with van der Waals surface area (Å²) in [5, 5.41) is 8.75. The van der Waals surface area contributed by atoms with Crippen LogP contribution in [0.5, 0.6) is 0 Å². The molecule has 4 aromatic heterocycles. The minimum atomic E-state index is -5.78. The van der Waals surface area contributed by atoms with Crippen molar-refractivity contribution in [1.29, 1.82) is 0 Å². The first-order valence-electron chi connectivity index (χ1n) is 12.8. The maximum atomic E-state index is 14.1. The standard InChI is InChI=1S/C26H24F6N8O2S/c1-11(41)23(2,3)8-13-10-43-22(35-13)24(4)15-17(33)36-19(37-18(15)38-21(24)42)16-14-7-12(27)9-34-20(14)40(39-16)6-5-25(28,29)26(30,31)32/h7,9-10H,5-6,8H2,1-4H3,(H3,33,36,37,38,42). The highest BCUT2D eigenvalue weighted by Crippen LogP contribution is 2.46. The minimum Gasteiger partial charge on any atom is -0.383 e. The van der Waals surface area contributed by atoms with Crippen LogP contribution in [0.4, 0.5) is 38.0 Å². The Morgan fingerprint density at radius 1 is 1.16 bits per heavy atom. The topological polar surface area (TPSA) is 142 Å². The number of aryl methyl sites for hydroxylation is 1. The minimum absolute atomic E-state index is 0.00789. The molecule has 0 saturated heterocycles. The van der Waals surface area contributed by atoms with Gasteiger partial charge in [-0.05, 0) is 19.9 Å². The van der Waals surface area contributed by atoms with Gasteiger partial charge in [-0.3, -0.25) is 9.59 Å². The zero-order valence-corrected chi connectivity index (χ0v) is 23.9. The van der Waals surface area contributed by atoms with Crippen molar-refractivity contribution >= 4 is 45.7 Å². The van der Waals surface area contributed by atoms with Gasteiger partial charge in [0.15, 0.2) is 11.5 Å². The number of aromatic nitrogens is 6. The molecule has 5 rings (SSSR count). The number of nitrogens with one attached hydrogen (secondary N) is 1. The summed E-state index contributed by atoms with van der Waals surface area (Å²) in [6, 6.07) is 0.957. The lowest BCUT2D eigenvalue weighted by molar-refractivity contribution is -0.285. The number of hydrogen-bond donors (Lipinski definition) is 2. The fraction of sp³-hybridized carbons (Fsp3) is 0.423. The second-order valence-electron chi connectivity index (χ2n) is 11.0. The summed E-state index contributed by atoms with van der Waals surface area (Å²) in [7, 11) is 0. The zero-order valence-electron chi connectivity index (χ0n) is 23.1. The van der Waals surface area contributed by atoms with E-state index in [9.17, 15) is 35.9 Å². The molecule has 0 radical (unpaired) electrons. The van der Waals surface area contributed by atoms with Gasteiger partial charge in [-0.1, -0.05) is 13.8 Å². The number of nitrogens with zero attached hydrogens (tertiary/aromatic N) is 6. The Hall–Kier alpha value is -4.15. The van der Waals surface area contributed by atoms with Gasteiger partial charge in [-0.25, -0.2) is 29.0 Å². The first-order chi connectivity index (χ1) is 19.8. The normalized spacial score (nSPS) is 17.4. The van der Waals surface area contributed by atoms with Crippen molar-refractivity contribution in [3.8, 4) is 11.5 Å². The third-order valence-corrected chi connectivity index (χ3v) is 8.61. The molecule has 1 unspecified atom stereocenters. The van der Waals surface area contributed by atoms with Gasteiger partial charge in [0.2, 0.25) is 5.91 Å². The van der Waals surface area contributed by atoms with Gasteiger partial charge in [0, 0.05) is 30.2 Å². The Kier molecular flexibility index (Phi) is 7.02. The summed E-state index contributed by atoms with van der Waals surface area (Å²) < 4.78 is 80.4. The number of halogens is 6. The third kappa shape index (κ3) is 5.08. The SMILES string of the molecule is CC(=O)C(C)(C)Cc1csc(C2(C)C(=O)Nc3nc(-c4nn(CCC(F)(F)C(F)(F)F)c5ncc(F)cc45)nc(N)c32)n1. The van der Waals surface area contributed by atoms with Crippen molar-refractivity contribution < 1.29 is 35.9 Å². The summed E-state index contributed by atoms with van der Waals surface area (Å²) in [4.78, 5) is 42.3. The number of hydrogen-bond acceptors (Lipinski definition) is 9. The molecule has 0 bridgehead atoms. The third-order valence-electron chi connectivity index (χ3n) is 7.50. The summed E-state index contributed by atoms with van der Waals surface area (Å²) in [5.74, 6) is -6.82. The number of thiazole rings is 1. The van der Waals surface area contributed by atoms with Crippen molar-refractivity contribution in [2.45, 2.75) is 64.6 Å². The van der Waals surface area contributed by atoms with Crippen LogP contribution in [-0.2, 0) is 28.0 Å². The van der Waals surface area contributed by atoms with Crippen LogP contribution < -0.4 is 11.1 Å². The number of carbonyl (C=O) groups excluding carboxylic acids is 2. The number of nitrogen functional groups attached to an aromatic ring is 1. The van der Waals surface area contributed by atoms with E-state index in [1.54, 1.807) is 26.2 Å². The predicted octanol–water partition coefficient (Wildman–Crippen LogP) is 5.07. The van der Waals surface area contributed by atoms with Crippen LogP contribution in [0.25, 0.3) is 22.6 Å². The van der Waals surface area contributed by atoms with E-state index in [4.69, 9.17) is 5.73 Å². The summed E-state index contributed by atoms with van der Waals surface area (Å²) in [6.45, 7) is 5.73. The van der Waals surface area contributed by atoms with E-state index in [2.05, 4.69) is 30.4 Å². The van der Waals surface area contributed by atoms with Crippen molar-refractivity contribution in [2.75, 3.05) is 11.1 Å². The maximum Gasteiger partial charge on any atom is 0.453 e. The smallest absolute Gasteiger partial charge is 0.383 e. The molecule has 0 aromatic carbocycles. The second-order valence-corrected chi connectivity index (χ2v) is 11.9. The molecular formula is C26H24F6N8O2S. The Labute approximate surface area is 243 Å². The molecule has 0 fully saturated rings. The molecule has 5 heterocycles. The molecule has 1 amide bonds. The van der Waals surface area contributed by atoms with Gasteiger partial charge in [0.25, 0.3) is 0 Å². The fourth-order valence-corrected chi connectivity index (χ4v) is 5.64. The number of amides is 1. The lowest BCUT2D eigenvalue weighted by Crippen LogP contribution is -2.37. The molecule has 1 aliphatic rings. The molecule has 228 valence electrons. The molecule has 4 aromatic rings. The van der Waals surface area contributed by atoms with Crippen LogP contribution >= 0.6 is 11.3 Å². The molecule has 10 nitrogen and oxygen atoms in total. The fourth-order valence-electron chi connectivity index (χ4n) is 4.66. The first-order valence-corrected chi connectivity index (χ1v) is 13.7. The van der Waals surface area contributed by atoms with Crippen LogP contribution in [0.15, 0.2) is 17.6 Å². The number of alkyl halides is 5. The molecule has 1 aliphatic heterocycles. The quantitative estimate of drug-likeness (QED) is 0.258. The second kappa shape index (κ2) is 9.96. The van der Waals surface area contributed by atoms with Gasteiger partial charge >= 0.3 is 12.1 Å². The summed E-state index contributed by atoms with van der Waals surface area (Å²) >= 11 is 1.19. The molecule has 0 aliphatic carbocycles. The highest BCUT2D eigenvalue weighted by atomic mass is 32.1. The average Bonchev–Trinajstić information content (AvgIpc) is 3.57. The van der Waals surface area contributed by atoms with E-state index in [1.165, 1.54) is 18.3 Å². The van der Waals surface area contributed by atoms with Crippen molar-refractivity contribution in [1.82, 2.24) is 29.7 Å². The average molecular weight is 627 g/mol. The molecule has 43 heavy (non-hydrogen) atoms. The van der Waals surface area contributed by atoms with Crippen LogP contribution in [-0.4, -0.2) is 53.5 Å². The number of rotatable bonds is 8. The van der Waals surface area contributed by atoms with Gasteiger partial charge < -0.3 is 11.1 Å². The van der Waals surface area contributed by atoms with Gasteiger partial charge in [0.05, 0.1) is 22.8 Å². The van der Waals surface area contributed by atoms with Crippen LogP contribution in [0, 0.1) is 11.2 Å². The van der Waals surface area contributed by atoms with E-state index in [0.717, 1.165) is 16.9 Å². The van der Waals surface area contributed by atoms with E-state index in [1.807, 2.05) is 0 Å². The summed E-state index contributed by atoms with van der Waals surface area (Å²) in [6.07, 6.45) is -6.32. The Morgan fingerprint density at radius 3 is 2.51 bits per heavy atom. The number of Topliss-reactive ketones (excluding diaryl/α,β-unsaturated/α-hetero) is 1. The van der Waals surface area contributed by atoms with Crippen molar-refractivity contribution in [2.24, 2.45) is 5.41 Å². The van der Waals surface area contributed by atoms with E-state index < -0.39 is 47.6 Å². The largest absolute Gasteiger partial charge is 0.453 e. The molecule has 0 saturated carbocycles. The highest BCUT2D eigenvalue weighted by molar-refractivity contribution is 7.10. The predicted molar refractivity (Wildman–Crippen MR) is 144 cm³/mol. The molecule has 17 heteroatoms. The first kappa shape index (κ1) is 30.3. The molecule has 3 N–H and O–H groups in total.